The van der Waals surface area contributed by atoms with E-state index in [0.29, 0.717) is 12.0 Å². The first-order valence-electron chi connectivity index (χ1n) is 6.47. The lowest BCUT2D eigenvalue weighted by Crippen LogP contribution is -2.30. The molecule has 4 nitrogen and oxygen atoms in total. The molecule has 2 fully saturated rings. The van der Waals surface area contributed by atoms with Gasteiger partial charge >= 0.3 is 0 Å². The van der Waals surface area contributed by atoms with Gasteiger partial charge in [0.2, 0.25) is 11.8 Å². The van der Waals surface area contributed by atoms with E-state index in [1.807, 2.05) is 0 Å². The molecule has 2 heterocycles. The highest BCUT2D eigenvalue weighted by Crippen LogP contribution is 2.39. The van der Waals surface area contributed by atoms with Gasteiger partial charge in [-0.2, -0.15) is 0 Å². The zero-order chi connectivity index (χ0) is 10.8. The van der Waals surface area contributed by atoms with Crippen molar-refractivity contribution in [3.63, 3.8) is 0 Å². The van der Waals surface area contributed by atoms with Gasteiger partial charge < -0.3 is 9.73 Å². The smallest absolute Gasteiger partial charge is 0.219 e. The quantitative estimate of drug-likeness (QED) is 0.848. The van der Waals surface area contributed by atoms with E-state index in [-0.39, 0.29) is 0 Å². The average Bonchev–Trinajstić information content (AvgIpc) is 3.07. The number of hydrogen-bond acceptors (Lipinski definition) is 4. The summed E-state index contributed by atoms with van der Waals surface area (Å²) in [7, 11) is 0. The summed E-state index contributed by atoms with van der Waals surface area (Å²) in [5, 5.41) is 11.8. The highest BCUT2D eigenvalue weighted by Gasteiger charge is 2.29. The van der Waals surface area contributed by atoms with Crippen LogP contribution in [-0.2, 0) is 6.42 Å². The van der Waals surface area contributed by atoms with Crippen molar-refractivity contribution in [3.8, 4) is 0 Å². The SMILES string of the molecule is C1CCNC(Cc2nnc(C3CC3)o2)CC1. The normalized spacial score (nSPS) is 26.6. The number of aromatic nitrogens is 2. The Bertz CT molecular complexity index is 338. The predicted molar refractivity (Wildman–Crippen MR) is 60.2 cm³/mol. The molecule has 4 heteroatoms. The second-order valence-electron chi connectivity index (χ2n) is 5.01. The largest absolute Gasteiger partial charge is 0.425 e. The van der Waals surface area contributed by atoms with E-state index in [9.17, 15) is 0 Å². The summed E-state index contributed by atoms with van der Waals surface area (Å²) in [4.78, 5) is 0. The molecule has 1 N–H and O–H groups in total. The molecule has 1 atom stereocenters. The lowest BCUT2D eigenvalue weighted by atomic mass is 10.1. The number of rotatable bonds is 3. The number of nitrogens with zero attached hydrogens (tertiary/aromatic N) is 2. The van der Waals surface area contributed by atoms with Crippen LogP contribution in [0.4, 0.5) is 0 Å². The van der Waals surface area contributed by atoms with Crippen LogP contribution in [0.25, 0.3) is 0 Å². The van der Waals surface area contributed by atoms with E-state index >= 15 is 0 Å². The van der Waals surface area contributed by atoms with Crippen molar-refractivity contribution in [2.75, 3.05) is 6.54 Å². The van der Waals surface area contributed by atoms with Crippen LogP contribution in [0.15, 0.2) is 4.42 Å². The average molecular weight is 221 g/mol. The van der Waals surface area contributed by atoms with Crippen LogP contribution in [0, 0.1) is 0 Å². The van der Waals surface area contributed by atoms with Crippen molar-refractivity contribution in [1.29, 1.82) is 0 Å². The van der Waals surface area contributed by atoms with Gasteiger partial charge in [-0.25, -0.2) is 0 Å². The summed E-state index contributed by atoms with van der Waals surface area (Å²) in [5.74, 6) is 2.26. The monoisotopic (exact) mass is 221 g/mol. The van der Waals surface area contributed by atoms with Crippen molar-refractivity contribution in [3.05, 3.63) is 11.8 Å². The number of nitrogens with one attached hydrogen (secondary N) is 1. The molecular weight excluding hydrogens is 202 g/mol. The Balaban J connectivity index is 1.58. The molecule has 2 aliphatic rings. The molecule has 0 amide bonds. The molecule has 88 valence electrons. The molecule has 0 radical (unpaired) electrons. The van der Waals surface area contributed by atoms with E-state index in [1.54, 1.807) is 0 Å². The summed E-state index contributed by atoms with van der Waals surface area (Å²) in [6, 6.07) is 0.537. The Morgan fingerprint density at radius 1 is 1.12 bits per heavy atom. The molecule has 3 rings (SSSR count). The second kappa shape index (κ2) is 4.53. The lowest BCUT2D eigenvalue weighted by Gasteiger charge is -2.12. The molecule has 1 saturated heterocycles. The second-order valence-corrected chi connectivity index (χ2v) is 5.01. The van der Waals surface area contributed by atoms with Crippen molar-refractivity contribution in [2.45, 2.75) is 56.9 Å². The predicted octanol–water partition coefficient (Wildman–Crippen LogP) is 2.02. The van der Waals surface area contributed by atoms with Gasteiger partial charge in [0, 0.05) is 18.4 Å². The first-order chi connectivity index (χ1) is 7.92. The van der Waals surface area contributed by atoms with Gasteiger partial charge in [-0.1, -0.05) is 12.8 Å². The van der Waals surface area contributed by atoms with E-state index in [0.717, 1.165) is 24.7 Å². The van der Waals surface area contributed by atoms with Gasteiger partial charge in [0.1, 0.15) is 0 Å². The summed E-state index contributed by atoms with van der Waals surface area (Å²) in [5.41, 5.74) is 0. The standard InChI is InChI=1S/C12H19N3O/c1-2-4-10(13-7-3-1)8-11-14-15-12(16-11)9-5-6-9/h9-10,13H,1-8H2. The molecule has 0 aromatic carbocycles. The minimum atomic E-state index is 0.537. The third-order valence-electron chi connectivity index (χ3n) is 3.49. The van der Waals surface area contributed by atoms with Crippen LogP contribution in [0.3, 0.4) is 0 Å². The molecule has 1 unspecified atom stereocenters. The van der Waals surface area contributed by atoms with E-state index < -0.39 is 0 Å². The van der Waals surface area contributed by atoms with Crippen molar-refractivity contribution in [1.82, 2.24) is 15.5 Å². The zero-order valence-electron chi connectivity index (χ0n) is 9.61. The summed E-state index contributed by atoms with van der Waals surface area (Å²) in [6.45, 7) is 1.13. The van der Waals surface area contributed by atoms with E-state index in [4.69, 9.17) is 4.42 Å². The van der Waals surface area contributed by atoms with Crippen LogP contribution in [-0.4, -0.2) is 22.8 Å². The van der Waals surface area contributed by atoms with Crippen LogP contribution in [0.2, 0.25) is 0 Å². The Morgan fingerprint density at radius 2 is 2.06 bits per heavy atom. The van der Waals surface area contributed by atoms with Crippen LogP contribution in [0.5, 0.6) is 0 Å². The first kappa shape index (κ1) is 10.3. The molecule has 1 aliphatic carbocycles. The molecule has 1 aromatic rings. The fourth-order valence-electron chi connectivity index (χ4n) is 2.33. The lowest BCUT2D eigenvalue weighted by molar-refractivity contribution is 0.406. The van der Waals surface area contributed by atoms with Crippen molar-refractivity contribution in [2.24, 2.45) is 0 Å². The zero-order valence-corrected chi connectivity index (χ0v) is 9.61. The molecule has 1 aromatic heterocycles. The fourth-order valence-corrected chi connectivity index (χ4v) is 2.33. The third kappa shape index (κ3) is 2.43. The van der Waals surface area contributed by atoms with E-state index in [1.165, 1.54) is 38.5 Å². The van der Waals surface area contributed by atoms with Crippen molar-refractivity contribution < 1.29 is 4.42 Å². The third-order valence-corrected chi connectivity index (χ3v) is 3.49. The van der Waals surface area contributed by atoms with Gasteiger partial charge in [0.05, 0.1) is 0 Å². The molecule has 0 bridgehead atoms. The van der Waals surface area contributed by atoms with Crippen LogP contribution < -0.4 is 5.32 Å². The number of hydrogen-bond donors (Lipinski definition) is 1. The van der Waals surface area contributed by atoms with Gasteiger partial charge in [0.25, 0.3) is 0 Å². The first-order valence-corrected chi connectivity index (χ1v) is 6.47. The summed E-state index contributed by atoms with van der Waals surface area (Å²) >= 11 is 0. The van der Waals surface area contributed by atoms with E-state index in [2.05, 4.69) is 15.5 Å². The fraction of sp³-hybridized carbons (Fsp3) is 0.833. The Labute approximate surface area is 95.8 Å². The van der Waals surface area contributed by atoms with Gasteiger partial charge in [0.15, 0.2) is 0 Å². The Kier molecular flexibility index (Phi) is 2.91. The van der Waals surface area contributed by atoms with Gasteiger partial charge in [-0.05, 0) is 32.2 Å². The Hall–Kier alpha value is -0.900. The maximum absolute atomic E-state index is 5.69. The molecule has 1 saturated carbocycles. The summed E-state index contributed by atoms with van der Waals surface area (Å²) < 4.78 is 5.69. The van der Waals surface area contributed by atoms with Crippen LogP contribution in [0.1, 0.15) is 56.2 Å². The highest BCUT2D eigenvalue weighted by molar-refractivity contribution is 5.00. The molecule has 0 spiro atoms. The van der Waals surface area contributed by atoms with Crippen LogP contribution >= 0.6 is 0 Å². The highest BCUT2D eigenvalue weighted by atomic mass is 16.4. The Morgan fingerprint density at radius 3 is 2.94 bits per heavy atom. The van der Waals surface area contributed by atoms with Gasteiger partial charge in [-0.3, -0.25) is 0 Å². The maximum Gasteiger partial charge on any atom is 0.219 e. The molecule has 1 aliphatic heterocycles. The maximum atomic E-state index is 5.69. The van der Waals surface area contributed by atoms with Gasteiger partial charge in [-0.15, -0.1) is 10.2 Å². The topological polar surface area (TPSA) is 51.0 Å². The molecule has 16 heavy (non-hydrogen) atoms. The molecular formula is C12H19N3O. The summed E-state index contributed by atoms with van der Waals surface area (Å²) in [6.07, 6.45) is 8.56. The van der Waals surface area contributed by atoms with Crippen molar-refractivity contribution >= 4 is 0 Å². The minimum absolute atomic E-state index is 0.537. The minimum Gasteiger partial charge on any atom is -0.425 e.